The molecule has 0 bridgehead atoms. The fourth-order valence-electron chi connectivity index (χ4n) is 3.70. The normalized spacial score (nSPS) is 17.3. The van der Waals surface area contributed by atoms with Gasteiger partial charge in [0.1, 0.15) is 0 Å². The molecule has 0 radical (unpaired) electrons. The smallest absolute Gasteiger partial charge is 0.0577 e. The third-order valence-electron chi connectivity index (χ3n) is 5.08. The highest BCUT2D eigenvalue weighted by Crippen LogP contribution is 2.26. The van der Waals surface area contributed by atoms with Crippen molar-refractivity contribution in [2.75, 3.05) is 6.54 Å². The Labute approximate surface area is 140 Å². The fraction of sp³-hybridized carbons (Fsp3) is 0.429. The molecular weight excluding hydrogens is 280 g/mol. The van der Waals surface area contributed by atoms with Crippen molar-refractivity contribution in [2.45, 2.75) is 44.2 Å². The van der Waals surface area contributed by atoms with Gasteiger partial charge >= 0.3 is 0 Å². The van der Waals surface area contributed by atoms with Crippen LogP contribution < -0.4 is 11.1 Å². The molecule has 1 atom stereocenters. The van der Waals surface area contributed by atoms with E-state index in [-0.39, 0.29) is 12.1 Å². The Balaban J connectivity index is 1.69. The third kappa shape index (κ3) is 4.43. The lowest BCUT2D eigenvalue weighted by atomic mass is 9.84. The summed E-state index contributed by atoms with van der Waals surface area (Å²) < 4.78 is 0. The van der Waals surface area contributed by atoms with Crippen LogP contribution in [0.4, 0.5) is 0 Å². The maximum Gasteiger partial charge on any atom is 0.0577 e. The number of benzene rings is 2. The first kappa shape index (κ1) is 16.2. The van der Waals surface area contributed by atoms with E-state index in [1.807, 2.05) is 0 Å². The SMILES string of the molecule is N[C@@H](CNC(c1ccccc1)c1ccccc1)C1CCCCC1. The minimum absolute atomic E-state index is 0.215. The maximum absolute atomic E-state index is 6.49. The predicted molar refractivity (Wildman–Crippen MR) is 97.3 cm³/mol. The summed E-state index contributed by atoms with van der Waals surface area (Å²) in [4.78, 5) is 0. The zero-order valence-electron chi connectivity index (χ0n) is 13.8. The molecule has 2 aromatic carbocycles. The molecule has 1 aliphatic carbocycles. The van der Waals surface area contributed by atoms with E-state index in [1.165, 1.54) is 43.2 Å². The molecule has 3 N–H and O–H groups in total. The summed E-state index contributed by atoms with van der Waals surface area (Å²) in [6.45, 7) is 0.874. The van der Waals surface area contributed by atoms with Gasteiger partial charge in [0.2, 0.25) is 0 Å². The van der Waals surface area contributed by atoms with Crippen LogP contribution in [0.2, 0.25) is 0 Å². The van der Waals surface area contributed by atoms with Crippen molar-refractivity contribution in [1.29, 1.82) is 0 Å². The van der Waals surface area contributed by atoms with Crippen LogP contribution in [0.1, 0.15) is 49.3 Å². The van der Waals surface area contributed by atoms with Gasteiger partial charge < -0.3 is 11.1 Å². The van der Waals surface area contributed by atoms with Gasteiger partial charge in [0.05, 0.1) is 6.04 Å². The molecule has 0 saturated heterocycles. The van der Waals surface area contributed by atoms with Gasteiger partial charge in [-0.25, -0.2) is 0 Å². The van der Waals surface area contributed by atoms with Crippen LogP contribution in [0.15, 0.2) is 60.7 Å². The van der Waals surface area contributed by atoms with Crippen LogP contribution in [-0.2, 0) is 0 Å². The molecule has 122 valence electrons. The molecule has 0 amide bonds. The highest BCUT2D eigenvalue weighted by molar-refractivity contribution is 5.31. The number of rotatable bonds is 6. The minimum Gasteiger partial charge on any atom is -0.326 e. The monoisotopic (exact) mass is 308 g/mol. The van der Waals surface area contributed by atoms with Crippen molar-refractivity contribution in [1.82, 2.24) is 5.32 Å². The molecule has 2 heteroatoms. The summed E-state index contributed by atoms with van der Waals surface area (Å²) in [7, 11) is 0. The average molecular weight is 308 g/mol. The van der Waals surface area contributed by atoms with E-state index in [9.17, 15) is 0 Å². The Morgan fingerprint density at radius 2 is 1.35 bits per heavy atom. The molecule has 1 saturated carbocycles. The largest absolute Gasteiger partial charge is 0.326 e. The third-order valence-corrected chi connectivity index (χ3v) is 5.08. The molecule has 23 heavy (non-hydrogen) atoms. The van der Waals surface area contributed by atoms with Gasteiger partial charge in [0.15, 0.2) is 0 Å². The molecule has 0 aliphatic heterocycles. The standard InChI is InChI=1S/C21H28N2/c22-20(17-10-4-1-5-11-17)16-23-21(18-12-6-2-7-13-18)19-14-8-3-9-15-19/h2-3,6-9,12-15,17,20-21,23H,1,4-5,10-11,16,22H2/t20-/m0/s1. The van der Waals surface area contributed by atoms with Crippen molar-refractivity contribution < 1.29 is 0 Å². The van der Waals surface area contributed by atoms with Gasteiger partial charge in [-0.2, -0.15) is 0 Å². The van der Waals surface area contributed by atoms with Crippen LogP contribution in [0.3, 0.4) is 0 Å². The highest BCUT2D eigenvalue weighted by Gasteiger charge is 2.22. The van der Waals surface area contributed by atoms with Gasteiger partial charge in [-0.1, -0.05) is 79.9 Å². The highest BCUT2D eigenvalue weighted by atomic mass is 14.9. The predicted octanol–water partition coefficient (Wildman–Crippen LogP) is 4.27. The summed E-state index contributed by atoms with van der Waals surface area (Å²) in [5, 5.41) is 3.72. The molecule has 1 fully saturated rings. The molecule has 2 nitrogen and oxygen atoms in total. The van der Waals surface area contributed by atoms with E-state index in [2.05, 4.69) is 66.0 Å². The number of hydrogen-bond donors (Lipinski definition) is 2. The Morgan fingerprint density at radius 1 is 0.826 bits per heavy atom. The molecular formula is C21H28N2. The first-order valence-electron chi connectivity index (χ1n) is 8.93. The van der Waals surface area contributed by atoms with Crippen LogP contribution in [-0.4, -0.2) is 12.6 Å². The quantitative estimate of drug-likeness (QED) is 0.836. The number of hydrogen-bond acceptors (Lipinski definition) is 2. The summed E-state index contributed by atoms with van der Waals surface area (Å²) in [6, 6.07) is 21.8. The van der Waals surface area contributed by atoms with E-state index >= 15 is 0 Å². The van der Waals surface area contributed by atoms with E-state index < -0.39 is 0 Å². The summed E-state index contributed by atoms with van der Waals surface area (Å²) in [5.41, 5.74) is 9.09. The summed E-state index contributed by atoms with van der Waals surface area (Å²) in [5.74, 6) is 0.684. The van der Waals surface area contributed by atoms with Crippen molar-refractivity contribution in [3.05, 3.63) is 71.8 Å². The van der Waals surface area contributed by atoms with Crippen LogP contribution in [0.25, 0.3) is 0 Å². The number of nitrogens with two attached hydrogens (primary N) is 1. The Bertz CT molecular complexity index is 521. The first-order valence-corrected chi connectivity index (χ1v) is 8.93. The van der Waals surface area contributed by atoms with Crippen LogP contribution >= 0.6 is 0 Å². The van der Waals surface area contributed by atoms with Gasteiger partial charge in [0, 0.05) is 12.6 Å². The van der Waals surface area contributed by atoms with E-state index in [0.29, 0.717) is 5.92 Å². The zero-order chi connectivity index (χ0) is 15.9. The molecule has 0 spiro atoms. The molecule has 2 aromatic rings. The van der Waals surface area contributed by atoms with Crippen LogP contribution in [0, 0.1) is 5.92 Å². The van der Waals surface area contributed by atoms with Crippen LogP contribution in [0.5, 0.6) is 0 Å². The van der Waals surface area contributed by atoms with Gasteiger partial charge in [-0.15, -0.1) is 0 Å². The van der Waals surface area contributed by atoms with E-state index in [4.69, 9.17) is 5.73 Å². The lowest BCUT2D eigenvalue weighted by molar-refractivity contribution is 0.294. The second-order valence-electron chi connectivity index (χ2n) is 6.72. The van der Waals surface area contributed by atoms with Crippen molar-refractivity contribution >= 4 is 0 Å². The first-order chi connectivity index (χ1) is 11.3. The number of nitrogens with one attached hydrogen (secondary N) is 1. The average Bonchev–Trinajstić information content (AvgIpc) is 2.64. The lowest BCUT2D eigenvalue weighted by Gasteiger charge is -2.29. The van der Waals surface area contributed by atoms with Gasteiger partial charge in [0.25, 0.3) is 0 Å². The molecule has 1 aliphatic rings. The van der Waals surface area contributed by atoms with E-state index in [0.717, 1.165) is 6.54 Å². The van der Waals surface area contributed by atoms with Crippen molar-refractivity contribution in [3.8, 4) is 0 Å². The van der Waals surface area contributed by atoms with E-state index in [1.54, 1.807) is 0 Å². The molecule has 0 aromatic heterocycles. The summed E-state index contributed by atoms with van der Waals surface area (Å²) >= 11 is 0. The molecule has 0 unspecified atom stereocenters. The Morgan fingerprint density at radius 3 is 1.87 bits per heavy atom. The van der Waals surface area contributed by atoms with Crippen molar-refractivity contribution in [2.24, 2.45) is 11.7 Å². The van der Waals surface area contributed by atoms with Gasteiger partial charge in [-0.3, -0.25) is 0 Å². The Hall–Kier alpha value is -1.64. The van der Waals surface area contributed by atoms with Gasteiger partial charge in [-0.05, 0) is 29.9 Å². The maximum atomic E-state index is 6.49. The fourth-order valence-corrected chi connectivity index (χ4v) is 3.70. The summed E-state index contributed by atoms with van der Waals surface area (Å²) in [6.07, 6.45) is 6.67. The Kier molecular flexibility index (Phi) is 5.84. The molecule has 0 heterocycles. The lowest BCUT2D eigenvalue weighted by Crippen LogP contribution is -2.42. The minimum atomic E-state index is 0.215. The zero-order valence-corrected chi connectivity index (χ0v) is 13.8. The second kappa shape index (κ2) is 8.28. The molecule has 3 rings (SSSR count). The topological polar surface area (TPSA) is 38.0 Å². The van der Waals surface area contributed by atoms with Crippen molar-refractivity contribution in [3.63, 3.8) is 0 Å². The second-order valence-corrected chi connectivity index (χ2v) is 6.72.